The summed E-state index contributed by atoms with van der Waals surface area (Å²) in [5.41, 5.74) is 2.79. The lowest BCUT2D eigenvalue weighted by Crippen LogP contribution is -2.36. The van der Waals surface area contributed by atoms with Gasteiger partial charge in [-0.05, 0) is 48.7 Å². The molecule has 0 atom stereocenters. The highest BCUT2D eigenvalue weighted by Gasteiger charge is 2.10. The van der Waals surface area contributed by atoms with Crippen molar-refractivity contribution in [3.8, 4) is 5.75 Å². The minimum absolute atomic E-state index is 0.356. The van der Waals surface area contributed by atoms with E-state index in [4.69, 9.17) is 9.47 Å². The highest BCUT2D eigenvalue weighted by atomic mass is 32.2. The van der Waals surface area contributed by atoms with Gasteiger partial charge in [-0.1, -0.05) is 24.3 Å². The lowest BCUT2D eigenvalue weighted by Gasteiger charge is -2.12. The summed E-state index contributed by atoms with van der Waals surface area (Å²) in [4.78, 5) is 4.96. The summed E-state index contributed by atoms with van der Waals surface area (Å²) < 4.78 is 34.1. The Bertz CT molecular complexity index is 941. The summed E-state index contributed by atoms with van der Waals surface area (Å²) in [6.07, 6.45) is 1.22. The van der Waals surface area contributed by atoms with Crippen LogP contribution < -0.4 is 15.4 Å². The van der Waals surface area contributed by atoms with Crippen molar-refractivity contribution >= 4 is 15.8 Å². The second-order valence-electron chi connectivity index (χ2n) is 6.91. The molecule has 2 aromatic rings. The highest BCUT2D eigenvalue weighted by molar-refractivity contribution is 7.90. The number of benzene rings is 2. The van der Waals surface area contributed by atoms with Crippen molar-refractivity contribution < 1.29 is 17.9 Å². The largest absolute Gasteiger partial charge is 0.491 e. The maximum absolute atomic E-state index is 11.8. The Kier molecular flexibility index (Phi) is 9.14. The first kappa shape index (κ1) is 23.7. The van der Waals surface area contributed by atoms with Crippen LogP contribution in [0.25, 0.3) is 0 Å². The standard InChI is InChI=1S/C22H31N3O4S/c1-5-23-22(24-15-18-6-9-20(10-7-18)29-13-12-28-3)25-16-19-8-11-21(17(2)14-19)30(4,26)27/h6-11,14H,5,12-13,15-16H2,1-4H3,(H2,23,24,25). The number of guanidine groups is 1. The Hall–Kier alpha value is -2.58. The smallest absolute Gasteiger partial charge is 0.191 e. The molecule has 0 aromatic heterocycles. The van der Waals surface area contributed by atoms with E-state index in [0.717, 1.165) is 29.0 Å². The van der Waals surface area contributed by atoms with Gasteiger partial charge in [0.25, 0.3) is 0 Å². The van der Waals surface area contributed by atoms with Gasteiger partial charge in [0, 0.05) is 26.5 Å². The second-order valence-corrected chi connectivity index (χ2v) is 8.89. The number of ether oxygens (including phenoxy) is 2. The molecule has 0 heterocycles. The minimum Gasteiger partial charge on any atom is -0.491 e. The van der Waals surface area contributed by atoms with Crippen LogP contribution in [0.3, 0.4) is 0 Å². The predicted molar refractivity (Wildman–Crippen MR) is 120 cm³/mol. The van der Waals surface area contributed by atoms with Gasteiger partial charge in [0.2, 0.25) is 0 Å². The van der Waals surface area contributed by atoms with E-state index in [9.17, 15) is 8.42 Å². The zero-order valence-corrected chi connectivity index (χ0v) is 18.9. The van der Waals surface area contributed by atoms with Gasteiger partial charge in [-0.25, -0.2) is 13.4 Å². The molecule has 0 aliphatic rings. The minimum atomic E-state index is -3.21. The van der Waals surface area contributed by atoms with Gasteiger partial charge in [-0.15, -0.1) is 0 Å². The van der Waals surface area contributed by atoms with Crippen LogP contribution in [0.2, 0.25) is 0 Å². The first-order valence-electron chi connectivity index (χ1n) is 9.86. The van der Waals surface area contributed by atoms with Crippen molar-refractivity contribution in [2.24, 2.45) is 4.99 Å². The molecule has 0 spiro atoms. The molecule has 0 amide bonds. The molecule has 30 heavy (non-hydrogen) atoms. The Balaban J connectivity index is 1.97. The van der Waals surface area contributed by atoms with Crippen LogP contribution in [0.5, 0.6) is 5.75 Å². The fraction of sp³-hybridized carbons (Fsp3) is 0.409. The highest BCUT2D eigenvalue weighted by Crippen LogP contribution is 2.17. The van der Waals surface area contributed by atoms with Crippen LogP contribution in [-0.4, -0.2) is 47.5 Å². The number of aliphatic imine (C=N–C) groups is 1. The third kappa shape index (κ3) is 7.68. The molecule has 2 aromatic carbocycles. The van der Waals surface area contributed by atoms with Gasteiger partial charge >= 0.3 is 0 Å². The van der Waals surface area contributed by atoms with Crippen molar-refractivity contribution in [2.75, 3.05) is 33.1 Å². The Morgan fingerprint density at radius 1 is 1.03 bits per heavy atom. The number of sulfone groups is 1. The van der Waals surface area contributed by atoms with Gasteiger partial charge in [0.1, 0.15) is 12.4 Å². The number of methoxy groups -OCH3 is 1. The van der Waals surface area contributed by atoms with Crippen LogP contribution >= 0.6 is 0 Å². The van der Waals surface area contributed by atoms with Crippen LogP contribution in [-0.2, 0) is 27.7 Å². The third-order valence-corrected chi connectivity index (χ3v) is 5.60. The van der Waals surface area contributed by atoms with E-state index in [1.54, 1.807) is 26.2 Å². The fourth-order valence-electron chi connectivity index (χ4n) is 2.87. The van der Waals surface area contributed by atoms with E-state index in [2.05, 4.69) is 15.6 Å². The lowest BCUT2D eigenvalue weighted by atomic mass is 10.1. The first-order chi connectivity index (χ1) is 14.3. The zero-order chi connectivity index (χ0) is 22.0. The molecule has 0 unspecified atom stereocenters. The maximum atomic E-state index is 11.8. The van der Waals surface area contributed by atoms with Crippen molar-refractivity contribution in [2.45, 2.75) is 31.8 Å². The fourth-order valence-corrected chi connectivity index (χ4v) is 3.83. The SMILES string of the molecule is CCNC(=NCc1ccc(S(C)(=O)=O)c(C)c1)NCc1ccc(OCCOC)cc1. The van der Waals surface area contributed by atoms with E-state index in [1.165, 1.54) is 6.26 Å². The molecule has 0 bridgehead atoms. The summed E-state index contributed by atoms with van der Waals surface area (Å²) in [6.45, 7) is 6.70. The summed E-state index contributed by atoms with van der Waals surface area (Å²) in [5.74, 6) is 1.51. The quantitative estimate of drug-likeness (QED) is 0.340. The normalized spacial score (nSPS) is 11.9. The van der Waals surface area contributed by atoms with Crippen molar-refractivity contribution in [3.05, 3.63) is 59.2 Å². The molecule has 0 aliphatic heterocycles. The molecule has 8 heteroatoms. The molecule has 0 radical (unpaired) electrons. The molecule has 0 fully saturated rings. The summed E-state index contributed by atoms with van der Waals surface area (Å²) in [7, 11) is -1.57. The van der Waals surface area contributed by atoms with E-state index in [0.29, 0.717) is 37.2 Å². The van der Waals surface area contributed by atoms with Gasteiger partial charge in [-0.2, -0.15) is 0 Å². The van der Waals surface area contributed by atoms with Gasteiger partial charge in [-0.3, -0.25) is 0 Å². The monoisotopic (exact) mass is 433 g/mol. The number of aryl methyl sites for hydroxylation is 1. The summed E-state index contributed by atoms with van der Waals surface area (Å²) in [6, 6.07) is 13.2. The molecule has 0 saturated carbocycles. The van der Waals surface area contributed by atoms with Crippen molar-refractivity contribution in [1.29, 1.82) is 0 Å². The summed E-state index contributed by atoms with van der Waals surface area (Å²) in [5, 5.41) is 6.53. The average Bonchev–Trinajstić information content (AvgIpc) is 2.70. The van der Waals surface area contributed by atoms with Gasteiger partial charge in [0.05, 0.1) is 18.0 Å². The third-order valence-electron chi connectivity index (χ3n) is 4.34. The number of nitrogens with one attached hydrogen (secondary N) is 2. The van der Waals surface area contributed by atoms with E-state index in [-0.39, 0.29) is 0 Å². The topological polar surface area (TPSA) is 89.0 Å². The van der Waals surface area contributed by atoms with Crippen LogP contribution in [0.4, 0.5) is 0 Å². The lowest BCUT2D eigenvalue weighted by molar-refractivity contribution is 0.146. The number of hydrogen-bond acceptors (Lipinski definition) is 5. The average molecular weight is 434 g/mol. The van der Waals surface area contributed by atoms with Crippen LogP contribution in [0.1, 0.15) is 23.6 Å². The Morgan fingerprint density at radius 2 is 1.73 bits per heavy atom. The predicted octanol–water partition coefficient (Wildman–Crippen LogP) is 2.68. The summed E-state index contributed by atoms with van der Waals surface area (Å²) >= 11 is 0. The van der Waals surface area contributed by atoms with E-state index >= 15 is 0 Å². The molecular formula is C22H31N3O4S. The maximum Gasteiger partial charge on any atom is 0.191 e. The Morgan fingerprint density at radius 3 is 2.33 bits per heavy atom. The van der Waals surface area contributed by atoms with E-state index in [1.807, 2.05) is 37.3 Å². The number of rotatable bonds is 10. The van der Waals surface area contributed by atoms with Gasteiger partial charge in [0.15, 0.2) is 15.8 Å². The Labute approximate surface area is 179 Å². The molecular weight excluding hydrogens is 402 g/mol. The number of hydrogen-bond donors (Lipinski definition) is 2. The number of nitrogens with zero attached hydrogens (tertiary/aromatic N) is 1. The van der Waals surface area contributed by atoms with Crippen LogP contribution in [0, 0.1) is 6.92 Å². The molecule has 2 rings (SSSR count). The molecule has 164 valence electrons. The van der Waals surface area contributed by atoms with Gasteiger partial charge < -0.3 is 20.1 Å². The molecule has 2 N–H and O–H groups in total. The molecule has 7 nitrogen and oxygen atoms in total. The first-order valence-corrected chi connectivity index (χ1v) is 11.7. The van der Waals surface area contributed by atoms with E-state index < -0.39 is 9.84 Å². The van der Waals surface area contributed by atoms with Crippen molar-refractivity contribution in [1.82, 2.24) is 10.6 Å². The zero-order valence-electron chi connectivity index (χ0n) is 18.1. The van der Waals surface area contributed by atoms with Crippen LogP contribution in [0.15, 0.2) is 52.4 Å². The second kappa shape index (κ2) is 11.6. The molecule has 0 aliphatic carbocycles. The molecule has 0 saturated heterocycles. The van der Waals surface area contributed by atoms with Crippen molar-refractivity contribution in [3.63, 3.8) is 0 Å².